The van der Waals surface area contributed by atoms with E-state index < -0.39 is 0 Å². The highest BCUT2D eigenvalue weighted by Gasteiger charge is 2.47. The molecule has 6 nitrogen and oxygen atoms in total. The average Bonchev–Trinajstić information content (AvgIpc) is 3.61. The lowest BCUT2D eigenvalue weighted by Gasteiger charge is -2.39. The molecule has 0 aromatic heterocycles. The van der Waals surface area contributed by atoms with E-state index in [2.05, 4.69) is 17.2 Å². The van der Waals surface area contributed by atoms with E-state index in [1.54, 1.807) is 19.1 Å². The number of hydrogen-bond donors (Lipinski definition) is 2. The van der Waals surface area contributed by atoms with Crippen LogP contribution in [-0.2, 0) is 14.3 Å². The van der Waals surface area contributed by atoms with E-state index in [1.807, 2.05) is 41.3 Å². The smallest absolute Gasteiger partial charge is 0.224 e. The van der Waals surface area contributed by atoms with Crippen LogP contribution < -0.4 is 5.32 Å². The normalized spacial score (nSPS) is 24.7. The second-order valence-electron chi connectivity index (χ2n) is 10.5. The number of phenols is 1. The van der Waals surface area contributed by atoms with Crippen molar-refractivity contribution in [3.63, 3.8) is 0 Å². The molecule has 3 fully saturated rings. The number of nitrogens with one attached hydrogen (secondary N) is 1. The number of carbonyl (C=O) groups is 2. The molecule has 5 rings (SSSR count). The van der Waals surface area contributed by atoms with Gasteiger partial charge in [0.1, 0.15) is 5.75 Å². The van der Waals surface area contributed by atoms with Crippen LogP contribution in [0, 0.1) is 17.8 Å². The number of aromatic hydroxyl groups is 1. The van der Waals surface area contributed by atoms with Crippen LogP contribution in [0.1, 0.15) is 62.0 Å². The predicted molar refractivity (Wildman–Crippen MR) is 142 cm³/mol. The van der Waals surface area contributed by atoms with Crippen molar-refractivity contribution < 1.29 is 19.4 Å². The first-order valence-corrected chi connectivity index (χ1v) is 13.4. The summed E-state index contributed by atoms with van der Waals surface area (Å²) in [7, 11) is 0. The molecular weight excluding hydrogens is 488 g/mol. The molecule has 0 bridgehead atoms. The molecule has 2 aromatic rings. The van der Waals surface area contributed by atoms with Gasteiger partial charge < -0.3 is 20.1 Å². The fourth-order valence-electron chi connectivity index (χ4n) is 5.76. The van der Waals surface area contributed by atoms with Crippen LogP contribution in [0.4, 0.5) is 0 Å². The zero-order chi connectivity index (χ0) is 26.0. The van der Waals surface area contributed by atoms with E-state index in [-0.39, 0.29) is 47.0 Å². The van der Waals surface area contributed by atoms with Gasteiger partial charge in [0.2, 0.25) is 11.8 Å². The van der Waals surface area contributed by atoms with Gasteiger partial charge in [0.15, 0.2) is 0 Å². The lowest BCUT2D eigenvalue weighted by molar-refractivity contribution is -0.136. The molecule has 194 valence electrons. The van der Waals surface area contributed by atoms with Crippen LogP contribution in [0.15, 0.2) is 48.5 Å². The maximum Gasteiger partial charge on any atom is 0.224 e. The first-order valence-electron chi connectivity index (χ1n) is 13.0. The van der Waals surface area contributed by atoms with Crippen LogP contribution in [0.25, 0.3) is 0 Å². The predicted octanol–water partition coefficient (Wildman–Crippen LogP) is 4.61. The highest BCUT2D eigenvalue weighted by Crippen LogP contribution is 2.48. The van der Waals surface area contributed by atoms with Gasteiger partial charge in [-0.1, -0.05) is 41.8 Å². The van der Waals surface area contributed by atoms with Crippen molar-refractivity contribution in [2.75, 3.05) is 19.7 Å². The van der Waals surface area contributed by atoms with Crippen molar-refractivity contribution in [3.05, 3.63) is 64.7 Å². The molecule has 2 amide bonds. The monoisotopic (exact) mass is 520 g/mol. The molecule has 2 saturated heterocycles. The van der Waals surface area contributed by atoms with E-state index in [9.17, 15) is 14.7 Å². The van der Waals surface area contributed by atoms with Crippen LogP contribution in [0.5, 0.6) is 5.75 Å². The topological polar surface area (TPSA) is 78.9 Å². The molecule has 2 aromatic carbocycles. The molecule has 3 unspecified atom stereocenters. The standard InChI is InChI=1S/C30H33ClN2O4/c1-2-3-22(20-6-10-25(34)11-7-20)16-28(35)33-14-12-30(13-15-33)18-24(19-37-30)32-29(36)27-17-26(27)21-4-8-23(31)9-5-21/h4-11,22,24,26-27,34H,12-19H2,1H3,(H,32,36)/t22-,24?,26?,27?/m0/s1. The Labute approximate surface area is 223 Å². The number of ether oxygens (including phenoxy) is 1. The molecule has 2 aliphatic heterocycles. The third kappa shape index (κ3) is 5.95. The van der Waals surface area contributed by atoms with E-state index in [1.165, 1.54) is 5.56 Å². The largest absolute Gasteiger partial charge is 0.508 e. The molecular formula is C30H33ClN2O4. The number of likely N-dealkylation sites (tertiary alicyclic amines) is 1. The summed E-state index contributed by atoms with van der Waals surface area (Å²) in [4.78, 5) is 27.8. The van der Waals surface area contributed by atoms with Gasteiger partial charge in [0.05, 0.1) is 24.2 Å². The lowest BCUT2D eigenvalue weighted by Crippen LogP contribution is -2.47. The number of amides is 2. The van der Waals surface area contributed by atoms with Crippen molar-refractivity contribution in [1.29, 1.82) is 0 Å². The molecule has 4 atom stereocenters. The third-order valence-electron chi connectivity index (χ3n) is 8.00. The van der Waals surface area contributed by atoms with Crippen molar-refractivity contribution in [2.45, 2.75) is 62.5 Å². The van der Waals surface area contributed by atoms with Crippen molar-refractivity contribution in [3.8, 4) is 17.6 Å². The lowest BCUT2D eigenvalue weighted by atomic mass is 9.86. The van der Waals surface area contributed by atoms with Gasteiger partial charge in [-0.05, 0) is 73.9 Å². The second-order valence-corrected chi connectivity index (χ2v) is 11.0. The zero-order valence-corrected chi connectivity index (χ0v) is 21.8. The number of carbonyl (C=O) groups excluding carboxylic acids is 2. The Bertz CT molecular complexity index is 1190. The number of phenolic OH excluding ortho intramolecular Hbond substituents is 1. The van der Waals surface area contributed by atoms with Crippen molar-refractivity contribution in [2.24, 2.45) is 5.92 Å². The molecule has 1 saturated carbocycles. The first kappa shape index (κ1) is 25.6. The summed E-state index contributed by atoms with van der Waals surface area (Å²) in [5, 5.41) is 13.5. The highest BCUT2D eigenvalue weighted by molar-refractivity contribution is 6.30. The summed E-state index contributed by atoms with van der Waals surface area (Å²) >= 11 is 5.98. The fourth-order valence-corrected chi connectivity index (χ4v) is 5.88. The Morgan fingerprint density at radius 2 is 1.86 bits per heavy atom. The maximum absolute atomic E-state index is 13.1. The summed E-state index contributed by atoms with van der Waals surface area (Å²) in [5.74, 6) is 6.55. The van der Waals surface area contributed by atoms with Gasteiger partial charge >= 0.3 is 0 Å². The summed E-state index contributed by atoms with van der Waals surface area (Å²) in [6, 6.07) is 14.7. The van der Waals surface area contributed by atoms with Crippen LogP contribution in [-0.4, -0.2) is 53.2 Å². The van der Waals surface area contributed by atoms with Crippen molar-refractivity contribution >= 4 is 23.4 Å². The number of benzene rings is 2. The minimum atomic E-state index is -0.270. The summed E-state index contributed by atoms with van der Waals surface area (Å²) in [6.07, 6.45) is 3.51. The zero-order valence-electron chi connectivity index (χ0n) is 21.1. The molecule has 37 heavy (non-hydrogen) atoms. The number of piperidine rings is 1. The highest BCUT2D eigenvalue weighted by atomic mass is 35.5. The number of nitrogens with zero attached hydrogens (tertiary/aromatic N) is 1. The fraction of sp³-hybridized carbons (Fsp3) is 0.467. The van der Waals surface area contributed by atoms with E-state index in [4.69, 9.17) is 16.3 Å². The van der Waals surface area contributed by atoms with Crippen LogP contribution in [0.3, 0.4) is 0 Å². The SMILES string of the molecule is CC#C[C@@H](CC(=O)N1CCC2(CC1)CC(NC(=O)C1CC1c1ccc(Cl)cc1)CO2)c1ccc(O)cc1. The second kappa shape index (κ2) is 10.8. The number of rotatable bonds is 6. The van der Waals surface area contributed by atoms with Gasteiger partial charge in [-0.3, -0.25) is 9.59 Å². The molecule has 2 N–H and O–H groups in total. The van der Waals surface area contributed by atoms with E-state index >= 15 is 0 Å². The van der Waals surface area contributed by atoms with Crippen LogP contribution >= 0.6 is 11.6 Å². The number of halogens is 1. The quantitative estimate of drug-likeness (QED) is 0.545. The Morgan fingerprint density at radius 1 is 1.16 bits per heavy atom. The van der Waals surface area contributed by atoms with Gasteiger partial charge in [0, 0.05) is 30.5 Å². The maximum atomic E-state index is 13.1. The summed E-state index contributed by atoms with van der Waals surface area (Å²) < 4.78 is 6.23. The minimum absolute atomic E-state index is 0.0138. The van der Waals surface area contributed by atoms with E-state index in [0.29, 0.717) is 31.1 Å². The molecule has 0 radical (unpaired) electrons. The Balaban J connectivity index is 1.10. The van der Waals surface area contributed by atoms with E-state index in [0.717, 1.165) is 31.2 Å². The minimum Gasteiger partial charge on any atom is -0.508 e. The number of hydrogen-bond acceptors (Lipinski definition) is 4. The summed E-state index contributed by atoms with van der Waals surface area (Å²) in [5.41, 5.74) is 1.83. The van der Waals surface area contributed by atoms with Gasteiger partial charge in [-0.25, -0.2) is 0 Å². The Kier molecular flexibility index (Phi) is 7.46. The molecule has 1 spiro atoms. The Morgan fingerprint density at radius 3 is 2.54 bits per heavy atom. The van der Waals surface area contributed by atoms with Crippen LogP contribution in [0.2, 0.25) is 5.02 Å². The average molecular weight is 521 g/mol. The van der Waals surface area contributed by atoms with Gasteiger partial charge in [-0.15, -0.1) is 5.92 Å². The molecule has 1 aliphatic carbocycles. The molecule has 7 heteroatoms. The van der Waals surface area contributed by atoms with Gasteiger partial charge in [-0.2, -0.15) is 0 Å². The van der Waals surface area contributed by atoms with Gasteiger partial charge in [0.25, 0.3) is 0 Å². The molecule has 2 heterocycles. The summed E-state index contributed by atoms with van der Waals surface area (Å²) in [6.45, 7) is 3.58. The Hall–Kier alpha value is -3.01. The third-order valence-corrected chi connectivity index (χ3v) is 8.25. The van der Waals surface area contributed by atoms with Crippen molar-refractivity contribution in [1.82, 2.24) is 10.2 Å². The first-order chi connectivity index (χ1) is 17.9. The molecule has 3 aliphatic rings.